The monoisotopic (exact) mass is 244 g/mol. The molecule has 0 atom stereocenters. The highest BCUT2D eigenvalue weighted by molar-refractivity contribution is 5.83. The molecule has 0 saturated carbocycles. The van der Waals surface area contributed by atoms with E-state index in [1.807, 2.05) is 13.8 Å². The summed E-state index contributed by atoms with van der Waals surface area (Å²) in [7, 11) is 0. The molecule has 0 fully saturated rings. The molecule has 5 nitrogen and oxygen atoms in total. The fourth-order valence-electron chi connectivity index (χ4n) is 1.34. The van der Waals surface area contributed by atoms with Gasteiger partial charge in [-0.3, -0.25) is 9.59 Å². The molecule has 5 heteroatoms. The molecule has 0 aromatic rings. The second-order valence-electron chi connectivity index (χ2n) is 3.84. The number of amides is 2. The summed E-state index contributed by atoms with van der Waals surface area (Å²) in [6, 6.07) is 0. The summed E-state index contributed by atoms with van der Waals surface area (Å²) in [6.45, 7) is 8.06. The highest BCUT2D eigenvalue weighted by Gasteiger charge is 2.12. The Bertz CT molecular complexity index is 232. The molecule has 17 heavy (non-hydrogen) atoms. The van der Waals surface area contributed by atoms with E-state index in [1.165, 1.54) is 6.92 Å². The lowest BCUT2D eigenvalue weighted by molar-refractivity contribution is -0.134. The van der Waals surface area contributed by atoms with E-state index >= 15 is 0 Å². The standard InChI is InChI=1S/C12H24N2O3/c1-4-7-13-12(16)10-14(11(3)15)8-6-9-17-5-2/h4-10H2,1-3H3,(H,13,16). The van der Waals surface area contributed by atoms with Gasteiger partial charge in [-0.05, 0) is 19.8 Å². The van der Waals surface area contributed by atoms with Crippen LogP contribution in [-0.4, -0.2) is 49.6 Å². The molecule has 0 saturated heterocycles. The van der Waals surface area contributed by atoms with Crippen LogP contribution in [-0.2, 0) is 14.3 Å². The van der Waals surface area contributed by atoms with Gasteiger partial charge in [0.2, 0.25) is 11.8 Å². The van der Waals surface area contributed by atoms with Gasteiger partial charge in [0.05, 0.1) is 6.54 Å². The third-order valence-electron chi connectivity index (χ3n) is 2.27. The lowest BCUT2D eigenvalue weighted by atomic mass is 10.3. The molecular weight excluding hydrogens is 220 g/mol. The van der Waals surface area contributed by atoms with E-state index in [9.17, 15) is 9.59 Å². The zero-order valence-corrected chi connectivity index (χ0v) is 11.1. The molecule has 0 aliphatic carbocycles. The van der Waals surface area contributed by atoms with Crippen LogP contribution in [0.4, 0.5) is 0 Å². The SMILES string of the molecule is CCCNC(=O)CN(CCCOCC)C(C)=O. The molecule has 0 aliphatic heterocycles. The molecule has 2 amide bonds. The molecule has 0 heterocycles. The Morgan fingerprint density at radius 3 is 2.53 bits per heavy atom. The van der Waals surface area contributed by atoms with Crippen molar-refractivity contribution in [3.8, 4) is 0 Å². The van der Waals surface area contributed by atoms with E-state index < -0.39 is 0 Å². The molecule has 0 aromatic heterocycles. The summed E-state index contributed by atoms with van der Waals surface area (Å²) < 4.78 is 5.19. The topological polar surface area (TPSA) is 58.6 Å². The summed E-state index contributed by atoms with van der Waals surface area (Å²) in [6.07, 6.45) is 1.66. The number of carbonyl (C=O) groups excluding carboxylic acids is 2. The number of carbonyl (C=O) groups is 2. The first-order chi connectivity index (χ1) is 8.11. The Kier molecular flexibility index (Phi) is 9.43. The van der Waals surface area contributed by atoms with Crippen LogP contribution in [0.5, 0.6) is 0 Å². The molecule has 0 radical (unpaired) electrons. The van der Waals surface area contributed by atoms with E-state index in [0.717, 1.165) is 12.8 Å². The number of hydrogen-bond donors (Lipinski definition) is 1. The van der Waals surface area contributed by atoms with Crippen LogP contribution in [0.25, 0.3) is 0 Å². The van der Waals surface area contributed by atoms with Crippen LogP contribution in [0.3, 0.4) is 0 Å². The Morgan fingerprint density at radius 1 is 1.29 bits per heavy atom. The lowest BCUT2D eigenvalue weighted by Gasteiger charge is -2.20. The molecule has 0 aliphatic rings. The van der Waals surface area contributed by atoms with Crippen LogP contribution in [0.2, 0.25) is 0 Å². The average molecular weight is 244 g/mol. The average Bonchev–Trinajstić information content (AvgIpc) is 2.30. The number of nitrogens with zero attached hydrogens (tertiary/aromatic N) is 1. The maximum atomic E-state index is 11.5. The summed E-state index contributed by atoms with van der Waals surface area (Å²) in [5.41, 5.74) is 0. The minimum absolute atomic E-state index is 0.0758. The third-order valence-corrected chi connectivity index (χ3v) is 2.27. The van der Waals surface area contributed by atoms with Crippen molar-refractivity contribution in [2.45, 2.75) is 33.6 Å². The quantitative estimate of drug-likeness (QED) is 0.610. The van der Waals surface area contributed by atoms with Crippen molar-refractivity contribution in [3.05, 3.63) is 0 Å². The van der Waals surface area contributed by atoms with Gasteiger partial charge in [0.1, 0.15) is 0 Å². The van der Waals surface area contributed by atoms with E-state index in [2.05, 4.69) is 5.32 Å². The summed E-state index contributed by atoms with van der Waals surface area (Å²) >= 11 is 0. The van der Waals surface area contributed by atoms with Crippen molar-refractivity contribution in [2.24, 2.45) is 0 Å². The van der Waals surface area contributed by atoms with Crippen molar-refractivity contribution in [1.82, 2.24) is 10.2 Å². The smallest absolute Gasteiger partial charge is 0.239 e. The molecule has 0 spiro atoms. The third kappa shape index (κ3) is 8.68. The summed E-state index contributed by atoms with van der Waals surface area (Å²) in [5.74, 6) is -0.174. The van der Waals surface area contributed by atoms with Gasteiger partial charge in [-0.25, -0.2) is 0 Å². The van der Waals surface area contributed by atoms with Gasteiger partial charge in [-0.2, -0.15) is 0 Å². The van der Waals surface area contributed by atoms with Crippen LogP contribution in [0, 0.1) is 0 Å². The number of ether oxygens (including phenoxy) is 1. The summed E-state index contributed by atoms with van der Waals surface area (Å²) in [4.78, 5) is 24.3. The minimum atomic E-state index is -0.0986. The van der Waals surface area contributed by atoms with E-state index in [-0.39, 0.29) is 18.4 Å². The van der Waals surface area contributed by atoms with E-state index in [4.69, 9.17) is 4.74 Å². The normalized spacial score (nSPS) is 10.1. The van der Waals surface area contributed by atoms with Gasteiger partial charge in [-0.15, -0.1) is 0 Å². The second kappa shape index (κ2) is 10.1. The molecule has 0 unspecified atom stereocenters. The molecule has 100 valence electrons. The van der Waals surface area contributed by atoms with Crippen molar-refractivity contribution >= 4 is 11.8 Å². The Balaban J connectivity index is 3.89. The largest absolute Gasteiger partial charge is 0.382 e. The highest BCUT2D eigenvalue weighted by atomic mass is 16.5. The predicted octanol–water partition coefficient (Wildman–Crippen LogP) is 0.788. The maximum absolute atomic E-state index is 11.5. The Hall–Kier alpha value is -1.10. The second-order valence-corrected chi connectivity index (χ2v) is 3.84. The fraction of sp³-hybridized carbons (Fsp3) is 0.833. The van der Waals surface area contributed by atoms with Crippen molar-refractivity contribution in [1.29, 1.82) is 0 Å². The van der Waals surface area contributed by atoms with E-state index in [0.29, 0.717) is 26.3 Å². The van der Waals surface area contributed by atoms with Crippen molar-refractivity contribution in [3.63, 3.8) is 0 Å². The number of nitrogens with one attached hydrogen (secondary N) is 1. The first-order valence-electron chi connectivity index (χ1n) is 6.21. The molecule has 0 aromatic carbocycles. The van der Waals surface area contributed by atoms with Crippen molar-refractivity contribution < 1.29 is 14.3 Å². The molecular formula is C12H24N2O3. The number of hydrogen-bond acceptors (Lipinski definition) is 3. The van der Waals surface area contributed by atoms with Gasteiger partial charge >= 0.3 is 0 Å². The van der Waals surface area contributed by atoms with Crippen LogP contribution in [0.15, 0.2) is 0 Å². The Morgan fingerprint density at radius 2 is 2.00 bits per heavy atom. The van der Waals surface area contributed by atoms with Gasteiger partial charge in [0, 0.05) is 33.2 Å². The van der Waals surface area contributed by atoms with Gasteiger partial charge in [0.25, 0.3) is 0 Å². The molecule has 1 N–H and O–H groups in total. The zero-order chi connectivity index (χ0) is 13.1. The van der Waals surface area contributed by atoms with E-state index in [1.54, 1.807) is 4.90 Å². The predicted molar refractivity (Wildman–Crippen MR) is 66.7 cm³/mol. The molecule has 0 rings (SSSR count). The minimum Gasteiger partial charge on any atom is -0.382 e. The van der Waals surface area contributed by atoms with Crippen LogP contribution >= 0.6 is 0 Å². The van der Waals surface area contributed by atoms with Crippen molar-refractivity contribution in [2.75, 3.05) is 32.8 Å². The summed E-state index contributed by atoms with van der Waals surface area (Å²) in [5, 5.41) is 2.76. The molecule has 0 bridgehead atoms. The van der Waals surface area contributed by atoms with Crippen LogP contribution in [0.1, 0.15) is 33.6 Å². The van der Waals surface area contributed by atoms with Gasteiger partial charge < -0.3 is 15.0 Å². The lowest BCUT2D eigenvalue weighted by Crippen LogP contribution is -2.40. The zero-order valence-electron chi connectivity index (χ0n) is 11.1. The highest BCUT2D eigenvalue weighted by Crippen LogP contribution is 1.94. The van der Waals surface area contributed by atoms with Gasteiger partial charge in [0.15, 0.2) is 0 Å². The first-order valence-corrected chi connectivity index (χ1v) is 6.21. The maximum Gasteiger partial charge on any atom is 0.239 e. The fourth-order valence-corrected chi connectivity index (χ4v) is 1.34. The number of rotatable bonds is 9. The van der Waals surface area contributed by atoms with Crippen LogP contribution < -0.4 is 5.32 Å². The Labute approximate surface area is 103 Å². The first kappa shape index (κ1) is 15.9. The van der Waals surface area contributed by atoms with Gasteiger partial charge in [-0.1, -0.05) is 6.92 Å².